The summed E-state index contributed by atoms with van der Waals surface area (Å²) in [5.41, 5.74) is 1.22. The Balaban J connectivity index is 1.73. The van der Waals surface area contributed by atoms with Gasteiger partial charge in [-0.15, -0.1) is 0 Å². The lowest BCUT2D eigenvalue weighted by atomic mass is 10.0. The van der Waals surface area contributed by atoms with Gasteiger partial charge in [0.05, 0.1) is 30.8 Å². The monoisotopic (exact) mass is 621 g/mol. The number of carbonyl (C=O) groups excluding carboxylic acids is 4. The van der Waals surface area contributed by atoms with E-state index in [0.717, 1.165) is 5.56 Å². The molecule has 3 aromatic rings. The second kappa shape index (κ2) is 15.5. The molecule has 0 aliphatic carbocycles. The van der Waals surface area contributed by atoms with Gasteiger partial charge < -0.3 is 20.3 Å². The summed E-state index contributed by atoms with van der Waals surface area (Å²) in [5, 5.41) is 10.8. The van der Waals surface area contributed by atoms with Crippen LogP contribution in [0.5, 0.6) is 0 Å². The maximum atomic E-state index is 13.7. The van der Waals surface area contributed by atoms with E-state index in [9.17, 15) is 19.2 Å². The highest BCUT2D eigenvalue weighted by Gasteiger charge is 2.30. The number of fused-ring (bicyclic) bond motifs is 1. The van der Waals surface area contributed by atoms with E-state index >= 15 is 0 Å². The molecule has 3 heterocycles. The molecule has 0 spiro atoms. The van der Waals surface area contributed by atoms with Gasteiger partial charge in [0, 0.05) is 37.5 Å². The number of nitrogens with zero attached hydrogens (tertiary/aromatic N) is 5. The van der Waals surface area contributed by atoms with Gasteiger partial charge in [0.1, 0.15) is 6.04 Å². The number of amides is 3. The molecule has 0 bridgehead atoms. The van der Waals surface area contributed by atoms with Crippen molar-refractivity contribution in [3.63, 3.8) is 0 Å². The van der Waals surface area contributed by atoms with Crippen LogP contribution < -0.4 is 10.6 Å². The number of carbonyl (C=O) groups is 4. The van der Waals surface area contributed by atoms with E-state index in [2.05, 4.69) is 15.6 Å². The van der Waals surface area contributed by atoms with Gasteiger partial charge in [-0.1, -0.05) is 44.2 Å². The van der Waals surface area contributed by atoms with Gasteiger partial charge in [0.2, 0.25) is 11.8 Å². The molecule has 0 saturated heterocycles. The molecular formula is C31H39N7O5S. The molecule has 2 atom stereocenters. The SMILES string of the molecule is COC(=O)c1cncc(C(=O)N2CCCC(=O)N[C@@H](CCSC)C(=O)N[C@H](C(C)C)c3nc(-c4ccccc4)nn3CC2)c1. The smallest absolute Gasteiger partial charge is 0.339 e. The summed E-state index contributed by atoms with van der Waals surface area (Å²) < 4.78 is 6.54. The van der Waals surface area contributed by atoms with E-state index in [0.29, 0.717) is 30.2 Å². The number of thioether (sulfide) groups is 1. The van der Waals surface area contributed by atoms with Crippen LogP contribution in [0.1, 0.15) is 65.7 Å². The Hall–Kier alpha value is -4.26. The van der Waals surface area contributed by atoms with Crippen molar-refractivity contribution in [3.8, 4) is 11.4 Å². The first-order valence-corrected chi connectivity index (χ1v) is 16.0. The van der Waals surface area contributed by atoms with Crippen LogP contribution in [0.25, 0.3) is 11.4 Å². The Labute approximate surface area is 261 Å². The van der Waals surface area contributed by atoms with E-state index < -0.39 is 18.1 Å². The largest absolute Gasteiger partial charge is 0.465 e. The standard InChI is InChI=1S/C31H39N7O5S/c1-20(2)26-28-35-27(21-9-6-5-7-10-21)36-38(28)15-14-37(30(41)22-17-23(19-32-18-22)31(42)43-3)13-8-11-25(39)33-24(12-16-44-4)29(40)34-26/h5-7,9-10,17-20,24,26H,8,11-16H2,1-4H3,(H,33,39)(H,34,40)/t24-,26+/m0/s1. The van der Waals surface area contributed by atoms with Crippen LogP contribution in [0.4, 0.5) is 0 Å². The molecule has 2 aromatic heterocycles. The summed E-state index contributed by atoms with van der Waals surface area (Å²) in [6.45, 7) is 4.76. The Bertz CT molecular complexity index is 1460. The molecule has 0 unspecified atom stereocenters. The molecule has 234 valence electrons. The van der Waals surface area contributed by atoms with E-state index in [4.69, 9.17) is 14.8 Å². The number of ether oxygens (including phenoxy) is 1. The molecule has 13 heteroatoms. The third kappa shape index (κ3) is 8.22. The molecule has 44 heavy (non-hydrogen) atoms. The number of hydrogen-bond acceptors (Lipinski definition) is 9. The molecule has 1 aliphatic rings. The van der Waals surface area contributed by atoms with Crippen molar-refractivity contribution in [1.82, 2.24) is 35.3 Å². The van der Waals surface area contributed by atoms with Crippen molar-refractivity contribution in [1.29, 1.82) is 0 Å². The molecular weight excluding hydrogens is 582 g/mol. The van der Waals surface area contributed by atoms with Crippen molar-refractivity contribution >= 4 is 35.5 Å². The first-order chi connectivity index (χ1) is 21.2. The molecule has 12 nitrogen and oxygen atoms in total. The second-order valence-electron chi connectivity index (χ2n) is 10.9. The van der Waals surface area contributed by atoms with Gasteiger partial charge in [-0.2, -0.15) is 16.9 Å². The van der Waals surface area contributed by atoms with Gasteiger partial charge in [0.25, 0.3) is 5.91 Å². The molecule has 1 aromatic carbocycles. The molecule has 0 saturated carbocycles. The Morgan fingerprint density at radius 1 is 1.07 bits per heavy atom. The fourth-order valence-corrected chi connectivity index (χ4v) is 5.41. The number of aromatic nitrogens is 4. The number of methoxy groups -OCH3 is 1. The first-order valence-electron chi connectivity index (χ1n) is 14.6. The third-order valence-electron chi connectivity index (χ3n) is 7.34. The van der Waals surface area contributed by atoms with Crippen LogP contribution in [-0.2, 0) is 20.9 Å². The molecule has 0 radical (unpaired) electrons. The van der Waals surface area contributed by atoms with E-state index in [1.807, 2.05) is 50.4 Å². The van der Waals surface area contributed by atoms with Crippen molar-refractivity contribution in [2.45, 2.75) is 51.7 Å². The lowest BCUT2D eigenvalue weighted by Gasteiger charge is -2.28. The summed E-state index contributed by atoms with van der Waals surface area (Å²) in [6, 6.07) is 9.79. The second-order valence-corrected chi connectivity index (χ2v) is 11.8. The number of hydrogen-bond donors (Lipinski definition) is 2. The predicted molar refractivity (Wildman–Crippen MR) is 167 cm³/mol. The predicted octanol–water partition coefficient (Wildman–Crippen LogP) is 3.11. The van der Waals surface area contributed by atoms with Gasteiger partial charge in [-0.3, -0.25) is 19.4 Å². The molecule has 0 fully saturated rings. The van der Waals surface area contributed by atoms with Crippen LogP contribution in [0.2, 0.25) is 0 Å². The highest BCUT2D eigenvalue weighted by molar-refractivity contribution is 7.98. The quantitative estimate of drug-likeness (QED) is 0.380. The lowest BCUT2D eigenvalue weighted by Crippen LogP contribution is -2.49. The first kappa shape index (κ1) is 32.6. The minimum Gasteiger partial charge on any atom is -0.465 e. The maximum Gasteiger partial charge on any atom is 0.339 e. The highest BCUT2D eigenvalue weighted by Crippen LogP contribution is 2.25. The molecule has 1 aliphatic heterocycles. The summed E-state index contributed by atoms with van der Waals surface area (Å²) in [6.07, 6.45) is 5.67. The number of rotatable bonds is 7. The number of nitrogens with one attached hydrogen (secondary N) is 2. The number of benzene rings is 1. The van der Waals surface area contributed by atoms with Crippen LogP contribution in [0.3, 0.4) is 0 Å². The average Bonchev–Trinajstić information content (AvgIpc) is 3.46. The fourth-order valence-electron chi connectivity index (χ4n) is 4.94. The number of esters is 1. The van der Waals surface area contributed by atoms with Crippen molar-refractivity contribution in [2.24, 2.45) is 5.92 Å². The van der Waals surface area contributed by atoms with Crippen LogP contribution in [-0.4, -0.2) is 86.6 Å². The maximum absolute atomic E-state index is 13.7. The Morgan fingerprint density at radius 3 is 2.52 bits per heavy atom. The van der Waals surface area contributed by atoms with E-state index in [1.54, 1.807) is 21.3 Å². The lowest BCUT2D eigenvalue weighted by molar-refractivity contribution is -0.129. The summed E-state index contributed by atoms with van der Waals surface area (Å²) >= 11 is 1.60. The van der Waals surface area contributed by atoms with Gasteiger partial charge in [0.15, 0.2) is 11.6 Å². The Kier molecular flexibility index (Phi) is 11.5. The van der Waals surface area contributed by atoms with Crippen molar-refractivity contribution in [2.75, 3.05) is 32.2 Å². The third-order valence-corrected chi connectivity index (χ3v) is 7.99. The van der Waals surface area contributed by atoms with Crippen LogP contribution in [0, 0.1) is 5.92 Å². The zero-order chi connectivity index (χ0) is 31.6. The highest BCUT2D eigenvalue weighted by atomic mass is 32.2. The molecule has 4 rings (SSSR count). The fraction of sp³-hybridized carbons (Fsp3) is 0.452. The van der Waals surface area contributed by atoms with Crippen LogP contribution >= 0.6 is 11.8 Å². The molecule has 2 N–H and O–H groups in total. The zero-order valence-corrected chi connectivity index (χ0v) is 26.3. The van der Waals surface area contributed by atoms with E-state index in [1.165, 1.54) is 25.6 Å². The van der Waals surface area contributed by atoms with Crippen LogP contribution in [0.15, 0.2) is 48.8 Å². The summed E-state index contributed by atoms with van der Waals surface area (Å²) in [5.74, 6) is 0.233. The van der Waals surface area contributed by atoms with Crippen molar-refractivity contribution < 1.29 is 23.9 Å². The summed E-state index contributed by atoms with van der Waals surface area (Å²) in [7, 11) is 1.26. The van der Waals surface area contributed by atoms with Gasteiger partial charge in [-0.25, -0.2) is 14.5 Å². The minimum atomic E-state index is -0.714. The Morgan fingerprint density at radius 2 is 1.82 bits per heavy atom. The zero-order valence-electron chi connectivity index (χ0n) is 25.5. The number of pyridine rings is 1. The average molecular weight is 622 g/mol. The van der Waals surface area contributed by atoms with E-state index in [-0.39, 0.29) is 60.8 Å². The minimum absolute atomic E-state index is 0.0554. The van der Waals surface area contributed by atoms with Gasteiger partial charge >= 0.3 is 5.97 Å². The topological polar surface area (TPSA) is 148 Å². The van der Waals surface area contributed by atoms with Gasteiger partial charge in [-0.05, 0) is 36.8 Å². The molecule has 3 amide bonds. The normalized spacial score (nSPS) is 18.2. The van der Waals surface area contributed by atoms with Crippen molar-refractivity contribution in [3.05, 3.63) is 65.7 Å². The summed E-state index contributed by atoms with van der Waals surface area (Å²) in [4.78, 5) is 62.9.